The predicted molar refractivity (Wildman–Crippen MR) is 105 cm³/mol. The molecule has 0 bridgehead atoms. The van der Waals surface area contributed by atoms with Crippen molar-refractivity contribution < 1.29 is 4.79 Å². The number of carbonyl (C=O) groups is 1. The molecule has 1 saturated heterocycles. The van der Waals surface area contributed by atoms with Gasteiger partial charge in [-0.1, -0.05) is 24.3 Å². The first kappa shape index (κ1) is 17.0. The van der Waals surface area contributed by atoms with Crippen molar-refractivity contribution in [2.75, 3.05) is 25.0 Å². The van der Waals surface area contributed by atoms with Gasteiger partial charge < -0.3 is 4.90 Å². The van der Waals surface area contributed by atoms with Crippen LogP contribution in [0.15, 0.2) is 60.1 Å². The van der Waals surface area contributed by atoms with Crippen LogP contribution in [0.3, 0.4) is 0 Å². The lowest BCUT2D eigenvalue weighted by atomic mass is 10.0. The molecule has 1 aliphatic heterocycles. The molecule has 0 aliphatic carbocycles. The minimum atomic E-state index is 0.0489. The van der Waals surface area contributed by atoms with Gasteiger partial charge in [0.1, 0.15) is 0 Å². The molecule has 1 aromatic carbocycles. The quantitative estimate of drug-likeness (QED) is 0.707. The average Bonchev–Trinajstić information content (AvgIpc) is 3.36. The van der Waals surface area contributed by atoms with Gasteiger partial charge in [-0.15, -0.1) is 16.4 Å². The number of hydrogen-bond donors (Lipinski definition) is 0. The van der Waals surface area contributed by atoms with E-state index in [0.717, 1.165) is 42.3 Å². The maximum Gasteiger partial charge on any atom is 0.269 e. The Morgan fingerprint density at radius 3 is 2.58 bits per heavy atom. The van der Waals surface area contributed by atoms with Crippen molar-refractivity contribution in [3.05, 3.63) is 65.0 Å². The molecule has 0 unspecified atom stereocenters. The van der Waals surface area contributed by atoms with Crippen molar-refractivity contribution in [3.63, 3.8) is 0 Å². The molecule has 3 heterocycles. The van der Waals surface area contributed by atoms with Gasteiger partial charge in [0.05, 0.1) is 10.6 Å². The first-order chi connectivity index (χ1) is 12.7. The number of amides is 1. The molecule has 0 atom stereocenters. The highest BCUT2D eigenvalue weighted by Crippen LogP contribution is 2.26. The number of hydrogen-bond acceptors (Lipinski definition) is 4. The van der Waals surface area contributed by atoms with Gasteiger partial charge in [-0.25, -0.2) is 4.68 Å². The molecule has 1 aliphatic rings. The Hall–Kier alpha value is -2.44. The van der Waals surface area contributed by atoms with Crippen LogP contribution in [-0.2, 0) is 0 Å². The van der Waals surface area contributed by atoms with Crippen LogP contribution < -0.4 is 4.90 Å². The van der Waals surface area contributed by atoms with Crippen molar-refractivity contribution in [1.82, 2.24) is 14.7 Å². The maximum atomic E-state index is 13.2. The summed E-state index contributed by atoms with van der Waals surface area (Å²) in [4.78, 5) is 18.2. The molecular formula is C20H22N4OS. The number of benzene rings is 1. The van der Waals surface area contributed by atoms with E-state index in [1.54, 1.807) is 0 Å². The van der Waals surface area contributed by atoms with Gasteiger partial charge in [-0.3, -0.25) is 9.69 Å². The van der Waals surface area contributed by atoms with Crippen LogP contribution in [0.4, 0.5) is 5.82 Å². The van der Waals surface area contributed by atoms with Gasteiger partial charge in [0.15, 0.2) is 5.82 Å². The number of thiophene rings is 1. The lowest BCUT2D eigenvalue weighted by Gasteiger charge is -2.36. The lowest BCUT2D eigenvalue weighted by Crippen LogP contribution is -2.47. The van der Waals surface area contributed by atoms with Crippen molar-refractivity contribution in [1.29, 1.82) is 0 Å². The Morgan fingerprint density at radius 1 is 1.12 bits per heavy atom. The lowest BCUT2D eigenvalue weighted by molar-refractivity contribution is 0.0966. The van der Waals surface area contributed by atoms with Gasteiger partial charge in [-0.05, 0) is 56.6 Å². The largest absolute Gasteiger partial charge is 0.306 e. The molecule has 0 N–H and O–H groups in total. The third kappa shape index (κ3) is 3.43. The van der Waals surface area contributed by atoms with Gasteiger partial charge >= 0.3 is 0 Å². The zero-order valence-corrected chi connectivity index (χ0v) is 15.6. The molecule has 0 spiro atoms. The van der Waals surface area contributed by atoms with Crippen molar-refractivity contribution in [2.24, 2.45) is 0 Å². The summed E-state index contributed by atoms with van der Waals surface area (Å²) < 4.78 is 1.83. The number of likely N-dealkylation sites (tertiary alicyclic amines) is 1. The SMILES string of the molecule is CN1CCC(N(C(=O)c2cccs2)c2ccn(-c3ccccc3)n2)CC1. The zero-order valence-electron chi connectivity index (χ0n) is 14.8. The Bertz CT molecular complexity index is 851. The Kier molecular flexibility index (Phi) is 4.86. The molecular weight excluding hydrogens is 344 g/mol. The van der Waals surface area contributed by atoms with Crippen LogP contribution in [0.5, 0.6) is 0 Å². The van der Waals surface area contributed by atoms with E-state index < -0.39 is 0 Å². The fraction of sp³-hybridized carbons (Fsp3) is 0.300. The van der Waals surface area contributed by atoms with Crippen LogP contribution in [-0.4, -0.2) is 46.8 Å². The number of piperidine rings is 1. The summed E-state index contributed by atoms with van der Waals surface area (Å²) in [5.74, 6) is 0.773. The number of anilines is 1. The fourth-order valence-electron chi connectivity index (χ4n) is 3.40. The molecule has 2 aromatic heterocycles. The summed E-state index contributed by atoms with van der Waals surface area (Å²) in [6.07, 6.45) is 3.85. The highest BCUT2D eigenvalue weighted by atomic mass is 32.1. The van der Waals surface area contributed by atoms with E-state index in [0.29, 0.717) is 0 Å². The van der Waals surface area contributed by atoms with E-state index in [1.165, 1.54) is 11.3 Å². The number of carbonyl (C=O) groups excluding carboxylic acids is 1. The molecule has 1 fully saturated rings. The van der Waals surface area contributed by atoms with Crippen LogP contribution in [0.1, 0.15) is 22.5 Å². The number of para-hydroxylation sites is 1. The second-order valence-electron chi connectivity index (χ2n) is 6.64. The Labute approximate surface area is 157 Å². The van der Waals surface area contributed by atoms with E-state index in [2.05, 4.69) is 11.9 Å². The summed E-state index contributed by atoms with van der Waals surface area (Å²) in [6, 6.07) is 15.9. The van der Waals surface area contributed by atoms with E-state index in [1.807, 2.05) is 69.7 Å². The second-order valence-corrected chi connectivity index (χ2v) is 7.59. The Morgan fingerprint density at radius 2 is 1.88 bits per heavy atom. The standard InChI is InChI=1S/C20H22N4OS/c1-22-12-9-17(10-13-22)24(20(25)18-8-5-15-26-18)19-11-14-23(21-19)16-6-3-2-4-7-16/h2-8,11,14-15,17H,9-10,12-13H2,1H3. The van der Waals surface area contributed by atoms with Crippen LogP contribution >= 0.6 is 11.3 Å². The molecule has 134 valence electrons. The molecule has 6 heteroatoms. The normalized spacial score (nSPS) is 15.9. The molecule has 0 saturated carbocycles. The summed E-state index contributed by atoms with van der Waals surface area (Å²) in [6.45, 7) is 2.00. The van der Waals surface area contributed by atoms with Gasteiger partial charge in [0, 0.05) is 18.3 Å². The van der Waals surface area contributed by atoms with Crippen LogP contribution in [0, 0.1) is 0 Å². The molecule has 4 rings (SSSR count). The van der Waals surface area contributed by atoms with E-state index in [4.69, 9.17) is 5.10 Å². The summed E-state index contributed by atoms with van der Waals surface area (Å²) >= 11 is 1.49. The third-order valence-corrected chi connectivity index (χ3v) is 5.70. The minimum Gasteiger partial charge on any atom is -0.306 e. The number of rotatable bonds is 4. The fourth-order valence-corrected chi connectivity index (χ4v) is 4.06. The van der Waals surface area contributed by atoms with Crippen LogP contribution in [0.2, 0.25) is 0 Å². The topological polar surface area (TPSA) is 41.4 Å². The second kappa shape index (κ2) is 7.43. The van der Waals surface area contributed by atoms with E-state index in [9.17, 15) is 4.79 Å². The first-order valence-corrected chi connectivity index (χ1v) is 9.77. The monoisotopic (exact) mass is 366 g/mol. The Balaban J connectivity index is 1.67. The first-order valence-electron chi connectivity index (χ1n) is 8.89. The molecule has 5 nitrogen and oxygen atoms in total. The predicted octanol–water partition coefficient (Wildman–Crippen LogP) is 3.67. The average molecular weight is 366 g/mol. The molecule has 0 radical (unpaired) electrons. The maximum absolute atomic E-state index is 13.2. The summed E-state index contributed by atoms with van der Waals surface area (Å²) in [7, 11) is 2.13. The van der Waals surface area contributed by atoms with Gasteiger partial charge in [0.2, 0.25) is 0 Å². The highest BCUT2D eigenvalue weighted by molar-refractivity contribution is 7.12. The van der Waals surface area contributed by atoms with E-state index in [-0.39, 0.29) is 11.9 Å². The number of nitrogens with zero attached hydrogens (tertiary/aromatic N) is 4. The van der Waals surface area contributed by atoms with E-state index >= 15 is 0 Å². The number of aromatic nitrogens is 2. The molecule has 26 heavy (non-hydrogen) atoms. The van der Waals surface area contributed by atoms with Gasteiger partial charge in [0.25, 0.3) is 5.91 Å². The smallest absolute Gasteiger partial charge is 0.269 e. The summed E-state index contributed by atoms with van der Waals surface area (Å²) in [5, 5.41) is 6.67. The van der Waals surface area contributed by atoms with Gasteiger partial charge in [-0.2, -0.15) is 0 Å². The van der Waals surface area contributed by atoms with Crippen molar-refractivity contribution >= 4 is 23.1 Å². The highest BCUT2D eigenvalue weighted by Gasteiger charge is 2.31. The van der Waals surface area contributed by atoms with Crippen molar-refractivity contribution in [2.45, 2.75) is 18.9 Å². The third-order valence-electron chi connectivity index (χ3n) is 4.85. The molecule has 1 amide bonds. The van der Waals surface area contributed by atoms with Crippen LogP contribution in [0.25, 0.3) is 5.69 Å². The zero-order chi connectivity index (χ0) is 17.9. The van der Waals surface area contributed by atoms with Crippen molar-refractivity contribution in [3.8, 4) is 5.69 Å². The molecule has 3 aromatic rings. The summed E-state index contributed by atoms with van der Waals surface area (Å²) in [5.41, 5.74) is 0.991. The minimum absolute atomic E-state index is 0.0489.